The van der Waals surface area contributed by atoms with Crippen molar-refractivity contribution in [3.63, 3.8) is 0 Å². The molecule has 1 heterocycles. The minimum Gasteiger partial charge on any atom is -0.310 e. The van der Waals surface area contributed by atoms with Crippen molar-refractivity contribution in [2.45, 2.75) is 0 Å². The van der Waals surface area contributed by atoms with E-state index in [9.17, 15) is 0 Å². The van der Waals surface area contributed by atoms with Crippen molar-refractivity contribution in [1.29, 1.82) is 0 Å². The van der Waals surface area contributed by atoms with Gasteiger partial charge in [-0.05, 0) is 105 Å². The normalized spacial score (nSPS) is 11.2. The highest BCUT2D eigenvalue weighted by Crippen LogP contribution is 2.42. The first-order valence-corrected chi connectivity index (χ1v) is 19.2. The smallest absolute Gasteiger partial charge is 0.0547 e. The molecule has 0 radical (unpaired) electrons. The molecule has 0 aliphatic rings. The van der Waals surface area contributed by atoms with Gasteiger partial charge in [-0.2, -0.15) is 0 Å². The summed E-state index contributed by atoms with van der Waals surface area (Å²) in [5.74, 6) is 0. The van der Waals surface area contributed by atoms with Crippen LogP contribution in [0.5, 0.6) is 0 Å². The average molecular weight is 715 g/mol. The van der Waals surface area contributed by atoms with Crippen LogP contribution in [0.3, 0.4) is 0 Å². The zero-order chi connectivity index (χ0) is 37.3. The number of benzene rings is 9. The number of fused-ring (bicyclic) bond motifs is 3. The lowest BCUT2D eigenvalue weighted by Crippen LogP contribution is -2.10. The van der Waals surface area contributed by atoms with Crippen molar-refractivity contribution in [2.75, 3.05) is 4.90 Å². The molecule has 0 aliphatic heterocycles. The lowest BCUT2D eigenvalue weighted by Gasteiger charge is -2.27. The molecule has 2 nitrogen and oxygen atoms in total. The summed E-state index contributed by atoms with van der Waals surface area (Å²) in [4.78, 5) is 2.38. The Kier molecular flexibility index (Phi) is 8.55. The monoisotopic (exact) mass is 714 g/mol. The maximum absolute atomic E-state index is 2.39. The number of aromatic nitrogens is 1. The zero-order valence-corrected chi connectivity index (χ0v) is 30.8. The fourth-order valence-electron chi connectivity index (χ4n) is 8.15. The molecule has 0 unspecified atom stereocenters. The lowest BCUT2D eigenvalue weighted by molar-refractivity contribution is 1.18. The van der Waals surface area contributed by atoms with Gasteiger partial charge in [0, 0.05) is 33.5 Å². The third-order valence-electron chi connectivity index (χ3n) is 10.8. The molecule has 0 fully saturated rings. The van der Waals surface area contributed by atoms with Gasteiger partial charge in [-0.1, -0.05) is 170 Å². The highest BCUT2D eigenvalue weighted by Gasteiger charge is 2.18. The van der Waals surface area contributed by atoms with Gasteiger partial charge < -0.3 is 9.47 Å². The molecule has 10 rings (SSSR count). The number of rotatable bonds is 8. The van der Waals surface area contributed by atoms with Gasteiger partial charge in [0.05, 0.1) is 11.0 Å². The van der Waals surface area contributed by atoms with Crippen molar-refractivity contribution in [1.82, 2.24) is 4.57 Å². The molecular formula is C54H38N2. The van der Waals surface area contributed by atoms with Crippen LogP contribution in [0.2, 0.25) is 0 Å². The van der Waals surface area contributed by atoms with E-state index in [1.54, 1.807) is 0 Å². The molecule has 9 aromatic carbocycles. The first kappa shape index (κ1) is 33.2. The molecule has 0 spiro atoms. The summed E-state index contributed by atoms with van der Waals surface area (Å²) in [6.45, 7) is 0. The van der Waals surface area contributed by atoms with Crippen molar-refractivity contribution in [3.05, 3.63) is 231 Å². The fourth-order valence-corrected chi connectivity index (χ4v) is 8.15. The van der Waals surface area contributed by atoms with E-state index in [0.717, 1.165) is 28.3 Å². The summed E-state index contributed by atoms with van der Waals surface area (Å²) < 4.78 is 2.39. The molecule has 0 amide bonds. The largest absolute Gasteiger partial charge is 0.310 e. The summed E-state index contributed by atoms with van der Waals surface area (Å²) in [6.07, 6.45) is 0. The van der Waals surface area contributed by atoms with Gasteiger partial charge >= 0.3 is 0 Å². The molecule has 10 aromatic rings. The Morgan fingerprint density at radius 2 is 0.696 bits per heavy atom. The zero-order valence-electron chi connectivity index (χ0n) is 30.8. The van der Waals surface area contributed by atoms with Gasteiger partial charge in [0.15, 0.2) is 0 Å². The second kappa shape index (κ2) is 14.4. The second-order valence-electron chi connectivity index (χ2n) is 14.2. The first-order valence-electron chi connectivity index (χ1n) is 19.2. The average Bonchev–Trinajstić information content (AvgIpc) is 3.61. The van der Waals surface area contributed by atoms with E-state index in [1.807, 2.05) is 0 Å². The standard InChI is InChI=1S/C54H38N2/c1-4-17-39(18-5-1)41-21-14-26-46(35-41)55(47-27-15-22-42(36-47)40-19-6-2-7-20-40)48-28-16-23-43(37-48)49-29-10-11-30-50(49)44-33-34-52-51-31-12-13-32-53(51)56(54(52)38-44)45-24-8-3-9-25-45/h1-38H. The van der Waals surface area contributed by atoms with Crippen LogP contribution in [-0.4, -0.2) is 4.57 Å². The third kappa shape index (κ3) is 6.14. The molecule has 0 saturated heterocycles. The number of para-hydroxylation sites is 2. The number of anilines is 3. The van der Waals surface area contributed by atoms with Crippen molar-refractivity contribution < 1.29 is 0 Å². The lowest BCUT2D eigenvalue weighted by atomic mass is 9.93. The summed E-state index contributed by atoms with van der Waals surface area (Å²) in [6, 6.07) is 83.1. The summed E-state index contributed by atoms with van der Waals surface area (Å²) in [7, 11) is 0. The molecule has 0 N–H and O–H groups in total. The summed E-state index contributed by atoms with van der Waals surface area (Å²) in [5, 5.41) is 2.51. The van der Waals surface area contributed by atoms with Crippen LogP contribution >= 0.6 is 0 Å². The van der Waals surface area contributed by atoms with Crippen molar-refractivity contribution in [3.8, 4) is 50.2 Å². The summed E-state index contributed by atoms with van der Waals surface area (Å²) >= 11 is 0. The van der Waals surface area contributed by atoms with Crippen LogP contribution in [0.4, 0.5) is 17.1 Å². The second-order valence-corrected chi connectivity index (χ2v) is 14.2. The third-order valence-corrected chi connectivity index (χ3v) is 10.8. The molecular weight excluding hydrogens is 677 g/mol. The van der Waals surface area contributed by atoms with Gasteiger partial charge in [0.2, 0.25) is 0 Å². The quantitative estimate of drug-likeness (QED) is 0.152. The number of hydrogen-bond donors (Lipinski definition) is 0. The van der Waals surface area contributed by atoms with Crippen molar-refractivity contribution in [2.24, 2.45) is 0 Å². The van der Waals surface area contributed by atoms with Crippen LogP contribution in [0.1, 0.15) is 0 Å². The molecule has 0 atom stereocenters. The van der Waals surface area contributed by atoms with Gasteiger partial charge in [0.25, 0.3) is 0 Å². The van der Waals surface area contributed by atoms with E-state index < -0.39 is 0 Å². The van der Waals surface area contributed by atoms with Crippen LogP contribution < -0.4 is 4.90 Å². The molecule has 1 aromatic heterocycles. The Morgan fingerprint density at radius 3 is 1.29 bits per heavy atom. The fraction of sp³-hybridized carbons (Fsp3) is 0. The van der Waals surface area contributed by atoms with E-state index in [-0.39, 0.29) is 0 Å². The minimum atomic E-state index is 1.09. The highest BCUT2D eigenvalue weighted by atomic mass is 15.1. The molecule has 2 heteroatoms. The van der Waals surface area contributed by atoms with Gasteiger partial charge in [-0.15, -0.1) is 0 Å². The maximum Gasteiger partial charge on any atom is 0.0547 e. The Labute approximate surface area is 327 Å². The Morgan fingerprint density at radius 1 is 0.268 bits per heavy atom. The predicted octanol–water partition coefficient (Wildman–Crippen LogP) is 14.9. The van der Waals surface area contributed by atoms with E-state index in [2.05, 4.69) is 240 Å². The molecule has 0 aliphatic carbocycles. The maximum atomic E-state index is 2.39. The molecule has 0 saturated carbocycles. The van der Waals surface area contributed by atoms with Crippen LogP contribution in [0, 0.1) is 0 Å². The predicted molar refractivity (Wildman–Crippen MR) is 237 cm³/mol. The van der Waals surface area contributed by atoms with E-state index >= 15 is 0 Å². The number of hydrogen-bond acceptors (Lipinski definition) is 1. The Hall–Kier alpha value is -7.42. The van der Waals surface area contributed by atoms with Crippen LogP contribution in [0.15, 0.2) is 231 Å². The topological polar surface area (TPSA) is 8.17 Å². The number of nitrogens with zero attached hydrogens (tertiary/aromatic N) is 2. The van der Waals surface area contributed by atoms with E-state index in [1.165, 1.54) is 60.8 Å². The van der Waals surface area contributed by atoms with Crippen molar-refractivity contribution >= 4 is 38.9 Å². The van der Waals surface area contributed by atoms with E-state index in [0.29, 0.717) is 0 Å². The Bertz CT molecular complexity index is 2880. The minimum absolute atomic E-state index is 1.09. The molecule has 56 heavy (non-hydrogen) atoms. The Balaban J connectivity index is 1.12. The first-order chi connectivity index (χ1) is 27.8. The van der Waals surface area contributed by atoms with Crippen LogP contribution in [-0.2, 0) is 0 Å². The molecule has 264 valence electrons. The SMILES string of the molecule is c1ccc(-c2cccc(N(c3cccc(-c4ccccc4)c3)c3cccc(-c4ccccc4-c4ccc5c6ccccc6n(-c6ccccc6)c5c4)c3)c2)cc1. The van der Waals surface area contributed by atoms with Gasteiger partial charge in [-0.3, -0.25) is 0 Å². The molecule has 0 bridgehead atoms. The van der Waals surface area contributed by atoms with Crippen LogP contribution in [0.25, 0.3) is 72.0 Å². The van der Waals surface area contributed by atoms with Gasteiger partial charge in [-0.25, -0.2) is 0 Å². The summed E-state index contributed by atoms with van der Waals surface area (Å²) in [5.41, 5.74) is 16.3. The van der Waals surface area contributed by atoms with E-state index in [4.69, 9.17) is 0 Å². The van der Waals surface area contributed by atoms with Gasteiger partial charge in [0.1, 0.15) is 0 Å². The highest BCUT2D eigenvalue weighted by molar-refractivity contribution is 6.10.